The van der Waals surface area contributed by atoms with Crippen molar-refractivity contribution in [1.82, 2.24) is 0 Å². The summed E-state index contributed by atoms with van der Waals surface area (Å²) >= 11 is 0. The van der Waals surface area contributed by atoms with Crippen LogP contribution in [0.25, 0.3) is 0 Å². The Balaban J connectivity index is 1.81. The van der Waals surface area contributed by atoms with Crippen LogP contribution in [0.5, 0.6) is 0 Å². The van der Waals surface area contributed by atoms with Gasteiger partial charge in [0.1, 0.15) is 5.60 Å². The normalized spacial score (nSPS) is 46.6. The van der Waals surface area contributed by atoms with E-state index in [0.717, 1.165) is 31.3 Å². The Morgan fingerprint density at radius 3 is 2.55 bits per heavy atom. The fourth-order valence-electron chi connectivity index (χ4n) is 5.14. The molecule has 1 unspecified atom stereocenters. The maximum atomic E-state index is 12.0. The Bertz CT molecular complexity index is 561. The molecule has 2 heterocycles. The number of hydrogen-bond donors (Lipinski definition) is 1. The Hall–Kier alpha value is -0.910. The zero-order valence-corrected chi connectivity index (χ0v) is 13.5. The molecule has 3 fully saturated rings. The third-order valence-corrected chi connectivity index (χ3v) is 6.76. The molecular weight excluding hydrogens is 284 g/mol. The van der Waals surface area contributed by atoms with Crippen molar-refractivity contribution >= 4 is 5.97 Å². The van der Waals surface area contributed by atoms with Gasteiger partial charge in [0.2, 0.25) is 0 Å². The number of rotatable bonds is 0. The molecule has 0 radical (unpaired) electrons. The van der Waals surface area contributed by atoms with Crippen LogP contribution < -0.4 is 0 Å². The molecule has 0 amide bonds. The first-order chi connectivity index (χ1) is 10.3. The number of esters is 1. The van der Waals surface area contributed by atoms with Gasteiger partial charge < -0.3 is 19.3 Å². The lowest BCUT2D eigenvalue weighted by Gasteiger charge is -2.61. The number of carbonyl (C=O) groups excluding carboxylic acids is 1. The third kappa shape index (κ3) is 1.52. The Labute approximate surface area is 130 Å². The summed E-state index contributed by atoms with van der Waals surface area (Å²) in [5.41, 5.74) is 0.204. The lowest BCUT2D eigenvalue weighted by Crippen LogP contribution is -2.70. The molecule has 2 saturated carbocycles. The van der Waals surface area contributed by atoms with Crippen LogP contribution in [0.1, 0.15) is 46.5 Å². The molecule has 5 nitrogen and oxygen atoms in total. The van der Waals surface area contributed by atoms with E-state index in [1.54, 1.807) is 6.92 Å². The number of aliphatic hydroxyl groups is 1. The Morgan fingerprint density at radius 2 is 1.86 bits per heavy atom. The van der Waals surface area contributed by atoms with E-state index in [-0.39, 0.29) is 17.3 Å². The first-order valence-electron chi connectivity index (χ1n) is 8.25. The predicted octanol–water partition coefficient (Wildman–Crippen LogP) is 1.93. The number of carbonyl (C=O) groups is 1. The highest BCUT2D eigenvalue weighted by Crippen LogP contribution is 2.62. The van der Waals surface area contributed by atoms with Gasteiger partial charge in [-0.2, -0.15) is 0 Å². The summed E-state index contributed by atoms with van der Waals surface area (Å²) < 4.78 is 17.4. The van der Waals surface area contributed by atoms with Crippen LogP contribution in [0.4, 0.5) is 0 Å². The molecule has 4 rings (SSSR count). The van der Waals surface area contributed by atoms with E-state index in [2.05, 4.69) is 6.92 Å². The quantitative estimate of drug-likeness (QED) is 0.693. The van der Waals surface area contributed by atoms with Crippen molar-refractivity contribution in [1.29, 1.82) is 0 Å². The summed E-state index contributed by atoms with van der Waals surface area (Å²) in [4.78, 5) is 12.0. The lowest BCUT2D eigenvalue weighted by molar-refractivity contribution is -0.313. The van der Waals surface area contributed by atoms with Crippen LogP contribution in [0.15, 0.2) is 11.1 Å². The highest BCUT2D eigenvalue weighted by atomic mass is 16.7. The van der Waals surface area contributed by atoms with Gasteiger partial charge in [-0.3, -0.25) is 0 Å². The highest BCUT2D eigenvalue weighted by Gasteiger charge is 2.70. The topological polar surface area (TPSA) is 65.0 Å². The summed E-state index contributed by atoms with van der Waals surface area (Å²) in [5.74, 6) is -1.28. The van der Waals surface area contributed by atoms with E-state index in [9.17, 15) is 9.90 Å². The van der Waals surface area contributed by atoms with Gasteiger partial charge in [0.25, 0.3) is 0 Å². The summed E-state index contributed by atoms with van der Waals surface area (Å²) in [6.07, 6.45) is 2.73. The van der Waals surface area contributed by atoms with Crippen molar-refractivity contribution in [3.8, 4) is 0 Å². The Morgan fingerprint density at radius 1 is 1.18 bits per heavy atom. The maximum absolute atomic E-state index is 12.0. The molecule has 22 heavy (non-hydrogen) atoms. The molecule has 1 N–H and O–H groups in total. The first kappa shape index (κ1) is 14.7. The van der Waals surface area contributed by atoms with Crippen LogP contribution in [0.2, 0.25) is 0 Å². The zero-order chi connectivity index (χ0) is 15.8. The first-order valence-corrected chi connectivity index (χ1v) is 8.25. The molecular formula is C17H24O5. The summed E-state index contributed by atoms with van der Waals surface area (Å²) in [6, 6.07) is 0. The molecule has 1 saturated heterocycles. The largest absolute Gasteiger partial charge is 0.451 e. The van der Waals surface area contributed by atoms with Crippen molar-refractivity contribution in [3.05, 3.63) is 11.1 Å². The molecule has 4 aliphatic rings. The average Bonchev–Trinajstić information content (AvgIpc) is 3.07. The lowest BCUT2D eigenvalue weighted by atomic mass is 9.50. The van der Waals surface area contributed by atoms with Gasteiger partial charge in [-0.25, -0.2) is 4.79 Å². The van der Waals surface area contributed by atoms with Gasteiger partial charge in [0, 0.05) is 23.3 Å². The second-order valence-corrected chi connectivity index (χ2v) is 7.55. The molecule has 4 atom stereocenters. The molecule has 0 aromatic carbocycles. The molecule has 5 heteroatoms. The van der Waals surface area contributed by atoms with E-state index in [0.29, 0.717) is 18.8 Å². The van der Waals surface area contributed by atoms with E-state index >= 15 is 0 Å². The van der Waals surface area contributed by atoms with E-state index < -0.39 is 17.5 Å². The van der Waals surface area contributed by atoms with Crippen LogP contribution in [-0.2, 0) is 19.0 Å². The van der Waals surface area contributed by atoms with Crippen LogP contribution in [0, 0.1) is 11.3 Å². The molecule has 2 aliphatic carbocycles. The predicted molar refractivity (Wildman–Crippen MR) is 77.9 cm³/mol. The van der Waals surface area contributed by atoms with Crippen molar-refractivity contribution < 1.29 is 24.1 Å². The second-order valence-electron chi connectivity index (χ2n) is 7.55. The highest BCUT2D eigenvalue weighted by molar-refractivity contribution is 5.92. The monoisotopic (exact) mass is 308 g/mol. The van der Waals surface area contributed by atoms with Crippen molar-refractivity contribution in [2.45, 2.75) is 63.9 Å². The van der Waals surface area contributed by atoms with Crippen LogP contribution >= 0.6 is 0 Å². The number of fused-ring (bicyclic) bond motifs is 3. The van der Waals surface area contributed by atoms with Gasteiger partial charge in [0.05, 0.1) is 13.2 Å². The molecule has 122 valence electrons. The van der Waals surface area contributed by atoms with Crippen molar-refractivity contribution in [2.75, 3.05) is 13.2 Å². The standard InChI is InChI=1S/C17H24O5/c1-10-12-4-5-15(3)6-7-16(20-8-9-21-16)11(2)17(15,19)13(12)22-14(10)18/h11,13,19H,4-9H2,1-3H3/t11-,13?,15-,17-/m0/s1. The number of hydrogen-bond acceptors (Lipinski definition) is 5. The minimum Gasteiger partial charge on any atom is -0.451 e. The van der Waals surface area contributed by atoms with Gasteiger partial charge in [0.15, 0.2) is 11.9 Å². The molecule has 0 bridgehead atoms. The molecule has 0 aromatic heterocycles. The Kier molecular flexibility index (Phi) is 2.89. The minimum absolute atomic E-state index is 0.250. The van der Waals surface area contributed by atoms with E-state index in [1.165, 1.54) is 0 Å². The smallest absolute Gasteiger partial charge is 0.334 e. The van der Waals surface area contributed by atoms with E-state index in [1.807, 2.05) is 6.92 Å². The van der Waals surface area contributed by atoms with Crippen LogP contribution in [-0.4, -0.2) is 41.8 Å². The minimum atomic E-state index is -1.14. The second kappa shape index (κ2) is 4.34. The van der Waals surface area contributed by atoms with Gasteiger partial charge >= 0.3 is 5.97 Å². The summed E-state index contributed by atoms with van der Waals surface area (Å²) in [7, 11) is 0. The fourth-order valence-corrected chi connectivity index (χ4v) is 5.14. The van der Waals surface area contributed by atoms with E-state index in [4.69, 9.17) is 14.2 Å². The zero-order valence-electron chi connectivity index (χ0n) is 13.5. The fraction of sp³-hybridized carbons (Fsp3) is 0.824. The molecule has 2 aliphatic heterocycles. The van der Waals surface area contributed by atoms with Crippen molar-refractivity contribution in [2.24, 2.45) is 11.3 Å². The van der Waals surface area contributed by atoms with Gasteiger partial charge in [-0.05, 0) is 31.8 Å². The van der Waals surface area contributed by atoms with Crippen LogP contribution in [0.3, 0.4) is 0 Å². The van der Waals surface area contributed by atoms with Gasteiger partial charge in [-0.15, -0.1) is 0 Å². The molecule has 1 spiro atoms. The summed E-state index contributed by atoms with van der Waals surface area (Å²) in [6.45, 7) is 7.01. The van der Waals surface area contributed by atoms with Gasteiger partial charge in [-0.1, -0.05) is 13.8 Å². The van der Waals surface area contributed by atoms with Crippen molar-refractivity contribution in [3.63, 3.8) is 0 Å². The average molecular weight is 308 g/mol. The molecule has 0 aromatic rings. The third-order valence-electron chi connectivity index (χ3n) is 6.76. The maximum Gasteiger partial charge on any atom is 0.334 e. The SMILES string of the molecule is CC1=C2CC[C@@]3(C)CCC4(OCCO4)[C@H](C)[C@]3(O)C2OC1=O. The number of ether oxygens (including phenoxy) is 3. The summed E-state index contributed by atoms with van der Waals surface area (Å²) in [5, 5.41) is 11.8.